The maximum absolute atomic E-state index is 12.9. The van der Waals surface area contributed by atoms with Gasteiger partial charge in [-0.1, -0.05) is 34.6 Å². The van der Waals surface area contributed by atoms with Gasteiger partial charge in [0, 0.05) is 24.3 Å². The van der Waals surface area contributed by atoms with Crippen LogP contribution in [0.4, 0.5) is 0 Å². The van der Waals surface area contributed by atoms with Gasteiger partial charge >= 0.3 is 5.97 Å². The maximum atomic E-state index is 12.9. The van der Waals surface area contributed by atoms with Gasteiger partial charge in [0.25, 0.3) is 0 Å². The number of hydrogen-bond donors (Lipinski definition) is 1. The fourth-order valence-electron chi connectivity index (χ4n) is 13.9. The molecule has 9 aliphatic rings. The normalized spacial score (nSPS) is 50.0. The molecule has 3 aliphatic heterocycles. The molecule has 6 saturated carbocycles. The molecule has 1 amide bonds. The number of morpholine rings is 1. The number of aliphatic hydroxyl groups excluding tert-OH is 1. The van der Waals surface area contributed by atoms with E-state index in [1.807, 2.05) is 18.7 Å². The van der Waals surface area contributed by atoms with E-state index in [1.54, 1.807) is 5.92 Å². The molecule has 9 rings (SSSR count). The van der Waals surface area contributed by atoms with Crippen molar-refractivity contribution in [3.8, 4) is 0 Å². The molecule has 277 valence electrons. The molecule has 0 aromatic rings. The minimum Gasteiger partial charge on any atom is -0.455 e. The number of carbonyl (C=O) groups excluding carboxylic acids is 2. The number of esters is 1. The lowest BCUT2D eigenvalue weighted by Crippen LogP contribution is -2.59. The number of ether oxygens (including phenoxy) is 5. The summed E-state index contributed by atoms with van der Waals surface area (Å²) in [6.07, 6.45) is 11.8. The van der Waals surface area contributed by atoms with Crippen molar-refractivity contribution < 1.29 is 38.4 Å². The number of cyclic esters (lactones) is 1. The number of carbonyl (C=O) groups is 2. The van der Waals surface area contributed by atoms with Gasteiger partial charge in [-0.25, -0.2) is 4.79 Å². The molecular weight excluding hydrogens is 634 g/mol. The van der Waals surface area contributed by atoms with Gasteiger partial charge in [0.05, 0.1) is 25.4 Å². The van der Waals surface area contributed by atoms with Crippen molar-refractivity contribution in [1.82, 2.24) is 4.90 Å². The smallest absolute Gasteiger partial charge is 0.332 e. The third-order valence-electron chi connectivity index (χ3n) is 16.5. The lowest BCUT2D eigenvalue weighted by Gasteiger charge is -2.63. The van der Waals surface area contributed by atoms with Crippen molar-refractivity contribution in [2.45, 2.75) is 149 Å². The second-order valence-electron chi connectivity index (χ2n) is 19.7. The van der Waals surface area contributed by atoms with Gasteiger partial charge in [-0.05, 0) is 123 Å². The third kappa shape index (κ3) is 4.60. The number of hydrogen-bond acceptors (Lipinski definition) is 8. The van der Waals surface area contributed by atoms with E-state index >= 15 is 0 Å². The Morgan fingerprint density at radius 2 is 1.80 bits per heavy atom. The first kappa shape index (κ1) is 34.5. The summed E-state index contributed by atoms with van der Waals surface area (Å²) < 4.78 is 31.6. The summed E-state index contributed by atoms with van der Waals surface area (Å²) in [4.78, 5) is 27.0. The fourth-order valence-corrected chi connectivity index (χ4v) is 13.9. The van der Waals surface area contributed by atoms with E-state index in [1.165, 1.54) is 25.7 Å². The highest BCUT2D eigenvalue weighted by Gasteiger charge is 2.85. The molecule has 3 saturated heterocycles. The van der Waals surface area contributed by atoms with Gasteiger partial charge < -0.3 is 33.7 Å². The Kier molecular flexibility index (Phi) is 7.69. The van der Waals surface area contributed by atoms with Crippen molar-refractivity contribution in [3.63, 3.8) is 0 Å². The molecule has 1 N–H and O–H groups in total. The molecule has 0 aromatic heterocycles. The van der Waals surface area contributed by atoms with Crippen molar-refractivity contribution in [2.24, 2.45) is 50.7 Å². The van der Waals surface area contributed by atoms with Crippen LogP contribution in [0.1, 0.15) is 119 Å². The van der Waals surface area contributed by atoms with Crippen molar-refractivity contribution >= 4 is 11.9 Å². The van der Waals surface area contributed by atoms with Crippen LogP contribution in [0.2, 0.25) is 0 Å². The van der Waals surface area contributed by atoms with Crippen LogP contribution in [0.5, 0.6) is 0 Å². The summed E-state index contributed by atoms with van der Waals surface area (Å²) >= 11 is 0. The topological polar surface area (TPSA) is 104 Å². The second-order valence-corrected chi connectivity index (χ2v) is 19.7. The third-order valence-corrected chi connectivity index (χ3v) is 16.5. The molecule has 1 unspecified atom stereocenters. The molecule has 50 heavy (non-hydrogen) atoms. The zero-order chi connectivity index (χ0) is 35.2. The van der Waals surface area contributed by atoms with Crippen LogP contribution >= 0.6 is 0 Å². The first-order valence-electron chi connectivity index (χ1n) is 19.9. The molecule has 0 aromatic carbocycles. The molecule has 3 heterocycles. The molecule has 9 heteroatoms. The van der Waals surface area contributed by atoms with Crippen molar-refractivity contribution in [2.75, 3.05) is 26.3 Å². The lowest BCUT2D eigenvalue weighted by atomic mass is 9.41. The van der Waals surface area contributed by atoms with E-state index in [0.29, 0.717) is 38.0 Å². The highest BCUT2D eigenvalue weighted by Crippen LogP contribution is 2.90. The predicted octanol–water partition coefficient (Wildman–Crippen LogP) is 6.18. The highest BCUT2D eigenvalue weighted by atomic mass is 16.7. The Morgan fingerprint density at radius 3 is 2.54 bits per heavy atom. The van der Waals surface area contributed by atoms with Crippen molar-refractivity contribution in [3.05, 3.63) is 18.1 Å². The molecule has 11 atom stereocenters. The maximum Gasteiger partial charge on any atom is 0.332 e. The van der Waals surface area contributed by atoms with Crippen LogP contribution in [0.25, 0.3) is 0 Å². The number of rotatable bonds is 5. The summed E-state index contributed by atoms with van der Waals surface area (Å²) in [6, 6.07) is 0. The Balaban J connectivity index is 0.931. The summed E-state index contributed by atoms with van der Waals surface area (Å²) in [7, 11) is 0. The highest BCUT2D eigenvalue weighted by molar-refractivity contribution is 5.76. The van der Waals surface area contributed by atoms with E-state index in [0.717, 1.165) is 50.7 Å². The van der Waals surface area contributed by atoms with E-state index in [9.17, 15) is 14.7 Å². The molecule has 9 fully saturated rings. The number of nitrogens with zero attached hydrogens (tertiary/aromatic N) is 1. The van der Waals surface area contributed by atoms with Gasteiger partial charge in [-0.2, -0.15) is 0 Å². The number of amides is 1. The van der Waals surface area contributed by atoms with Gasteiger partial charge in [0.15, 0.2) is 6.29 Å². The fraction of sp³-hybridized carbons (Fsp3) is 0.878. The SMILES string of the molecule is C[C@@H]1C[C]([C@@H]2OCC(=O)OC2(C)C)O[C]2[C@H]1[C@@]1(C)CC[C@@]34C[C@@]35CCC(O[C@H]3CN(C(=O)CC6CC6)CCO3)C(C)(C)[C@@H]5CC[C]4[C@]1(C)[C@H]2O. The van der Waals surface area contributed by atoms with Gasteiger partial charge in [-0.15, -0.1) is 0 Å². The van der Waals surface area contributed by atoms with E-state index < -0.39 is 17.8 Å². The largest absolute Gasteiger partial charge is 0.455 e. The van der Waals surface area contributed by atoms with Crippen molar-refractivity contribution in [1.29, 1.82) is 0 Å². The Labute approximate surface area is 299 Å². The average Bonchev–Trinajstić information content (AvgIpc) is 3.97. The Morgan fingerprint density at radius 1 is 1.02 bits per heavy atom. The molecule has 0 bridgehead atoms. The lowest BCUT2D eigenvalue weighted by molar-refractivity contribution is -0.242. The van der Waals surface area contributed by atoms with Crippen LogP contribution in [0, 0.1) is 68.9 Å². The van der Waals surface area contributed by atoms with Crippen LogP contribution in [-0.4, -0.2) is 78.4 Å². The van der Waals surface area contributed by atoms with Crippen LogP contribution in [0.3, 0.4) is 0 Å². The molecule has 9 nitrogen and oxygen atoms in total. The zero-order valence-corrected chi connectivity index (χ0v) is 31.5. The Bertz CT molecular complexity index is 1410. The van der Waals surface area contributed by atoms with E-state index in [2.05, 4.69) is 34.6 Å². The van der Waals surface area contributed by atoms with Crippen LogP contribution in [0.15, 0.2) is 0 Å². The van der Waals surface area contributed by atoms with Crippen LogP contribution < -0.4 is 0 Å². The molecule has 6 aliphatic carbocycles. The number of aliphatic hydroxyl groups is 1. The second kappa shape index (κ2) is 11.1. The predicted molar refractivity (Wildman–Crippen MR) is 183 cm³/mol. The summed E-state index contributed by atoms with van der Waals surface area (Å²) in [5, 5.41) is 12.6. The molecule has 3 radical (unpaired) electrons. The first-order valence-corrected chi connectivity index (χ1v) is 19.9. The Hall–Kier alpha value is -1.26. The summed E-state index contributed by atoms with van der Waals surface area (Å²) in [5.74, 6) is 3.08. The standard InChI is InChI=1S/C41H60NO8/c1-23-18-25(35-37(4,5)50-30(44)21-47-35)48-33-32(23)38(6)14-15-41-22-40(41)13-12-28(36(2,3)26(40)10-11-27(41)39(38,7)34(33)45)49-31-20-42(16-17-46-31)29(43)19-24-8-9-24/h23-24,26,28,31-32,34-35,45H,8-22H2,1-7H3/t23-,26+,28?,31+,32+,34+,35+,38-,39-,40-,41+/m1/s1. The van der Waals surface area contributed by atoms with Crippen LogP contribution in [-0.2, 0) is 33.3 Å². The summed E-state index contributed by atoms with van der Waals surface area (Å²) in [6.45, 7) is 17.4. The average molecular weight is 695 g/mol. The zero-order valence-electron chi connectivity index (χ0n) is 31.5. The quantitative estimate of drug-likeness (QED) is 0.341. The van der Waals surface area contributed by atoms with Gasteiger partial charge in [0.1, 0.15) is 30.5 Å². The molecular formula is C41H60NO8. The minimum absolute atomic E-state index is 0.0205. The van der Waals surface area contributed by atoms with E-state index in [-0.39, 0.29) is 69.8 Å². The monoisotopic (exact) mass is 694 g/mol. The number of fused-ring (bicyclic) bond motifs is 4. The van der Waals surface area contributed by atoms with E-state index in [4.69, 9.17) is 23.7 Å². The first-order chi connectivity index (χ1) is 23.6. The minimum atomic E-state index is -0.829. The van der Waals surface area contributed by atoms with Gasteiger partial charge in [-0.3, -0.25) is 4.79 Å². The summed E-state index contributed by atoms with van der Waals surface area (Å²) in [5.41, 5.74) is -0.913. The molecule has 2 spiro atoms. The van der Waals surface area contributed by atoms with Gasteiger partial charge in [0.2, 0.25) is 5.91 Å².